The molecule has 184 valence electrons. The molecular weight excluding hydrogens is 451 g/mol. The summed E-state index contributed by atoms with van der Waals surface area (Å²) in [6.45, 7) is 4.91. The lowest BCUT2D eigenvalue weighted by atomic mass is 9.89. The van der Waals surface area contributed by atoms with Crippen LogP contribution in [0, 0.1) is 0 Å². The number of carboxylic acids is 1. The van der Waals surface area contributed by atoms with Crippen LogP contribution in [0.5, 0.6) is 0 Å². The molecule has 2 aromatic rings. The number of rotatable bonds is 4. The molecule has 0 bridgehead atoms. The van der Waals surface area contributed by atoms with E-state index in [9.17, 15) is 18.0 Å². The van der Waals surface area contributed by atoms with Crippen LogP contribution in [0.15, 0.2) is 54.7 Å². The van der Waals surface area contributed by atoms with Crippen molar-refractivity contribution >= 4 is 11.9 Å². The Labute approximate surface area is 196 Å². The molecule has 4 rings (SSSR count). The predicted octanol–water partition coefficient (Wildman–Crippen LogP) is 3.15. The molecule has 0 radical (unpaired) electrons. The smallest absolute Gasteiger partial charge is 0.475 e. The van der Waals surface area contributed by atoms with Crippen LogP contribution in [-0.4, -0.2) is 76.3 Å². The molecule has 0 unspecified atom stereocenters. The summed E-state index contributed by atoms with van der Waals surface area (Å²) in [4.78, 5) is 30.5. The summed E-state index contributed by atoms with van der Waals surface area (Å²) >= 11 is 0. The third-order valence-electron chi connectivity index (χ3n) is 5.92. The van der Waals surface area contributed by atoms with Gasteiger partial charge in [-0.2, -0.15) is 13.2 Å². The van der Waals surface area contributed by atoms with E-state index in [-0.39, 0.29) is 11.5 Å². The van der Waals surface area contributed by atoms with Crippen molar-refractivity contribution in [3.63, 3.8) is 0 Å². The first-order chi connectivity index (χ1) is 16.2. The zero-order valence-corrected chi connectivity index (χ0v) is 18.7. The van der Waals surface area contributed by atoms with Crippen LogP contribution >= 0.6 is 0 Å². The molecule has 2 aliphatic rings. The molecule has 1 N–H and O–H groups in total. The van der Waals surface area contributed by atoms with Crippen LogP contribution in [-0.2, 0) is 27.3 Å². The van der Waals surface area contributed by atoms with E-state index < -0.39 is 12.1 Å². The number of carbonyl (C=O) groups is 2. The monoisotopic (exact) mass is 479 g/mol. The summed E-state index contributed by atoms with van der Waals surface area (Å²) < 4.78 is 37.9. The number of aliphatic carboxylic acids is 1. The number of ether oxygens (including phenoxy) is 1. The van der Waals surface area contributed by atoms with Gasteiger partial charge in [0.25, 0.3) is 0 Å². The van der Waals surface area contributed by atoms with Crippen LogP contribution < -0.4 is 0 Å². The number of benzene rings is 1. The van der Waals surface area contributed by atoms with Gasteiger partial charge in [-0.05, 0) is 30.5 Å². The minimum Gasteiger partial charge on any atom is -0.475 e. The quantitative estimate of drug-likeness (QED) is 0.726. The van der Waals surface area contributed by atoms with Crippen LogP contribution in [0.4, 0.5) is 13.2 Å². The molecule has 1 spiro atoms. The summed E-state index contributed by atoms with van der Waals surface area (Å²) in [6, 6.07) is 16.1. The fraction of sp³-hybridized carbons (Fsp3) is 0.458. The number of pyridine rings is 1. The Morgan fingerprint density at radius 1 is 1.03 bits per heavy atom. The minimum atomic E-state index is -5.08. The molecule has 2 fully saturated rings. The number of halogens is 3. The lowest BCUT2D eigenvalue weighted by Crippen LogP contribution is -2.58. The fourth-order valence-corrected chi connectivity index (χ4v) is 4.08. The number of likely N-dealkylation sites (tertiary alicyclic amines) is 1. The Bertz CT molecular complexity index is 933. The minimum absolute atomic E-state index is 0.175. The first-order valence-corrected chi connectivity index (χ1v) is 11.0. The summed E-state index contributed by atoms with van der Waals surface area (Å²) in [5.41, 5.74) is 2.01. The Balaban J connectivity index is 0.000000406. The van der Waals surface area contributed by atoms with Gasteiger partial charge in [-0.1, -0.05) is 36.4 Å². The van der Waals surface area contributed by atoms with Crippen molar-refractivity contribution in [2.24, 2.45) is 0 Å². The number of morpholine rings is 1. The maximum absolute atomic E-state index is 12.8. The SMILES string of the molecule is O=C(Cc1ccccc1)N1CCOC2(CCN(Cc3ccccn3)CC2)C1.O=C(O)C(F)(F)F. The van der Waals surface area contributed by atoms with E-state index in [0.717, 1.165) is 50.3 Å². The number of amides is 1. The standard InChI is InChI=1S/C22H27N3O2.C2HF3O2/c26-21(16-19-6-2-1-3-7-19)25-14-15-27-22(18-25)9-12-24(13-10-22)17-20-8-4-5-11-23-20;3-2(4,5)1(6)7/h1-8,11H,9-10,12-18H2;(H,6,7). The number of piperidine rings is 1. The fourth-order valence-electron chi connectivity index (χ4n) is 4.08. The van der Waals surface area contributed by atoms with E-state index >= 15 is 0 Å². The maximum atomic E-state index is 12.8. The van der Waals surface area contributed by atoms with E-state index in [1.165, 1.54) is 0 Å². The number of carboxylic acid groups (broad SMARTS) is 1. The number of nitrogens with zero attached hydrogens (tertiary/aromatic N) is 3. The molecular formula is C24H28F3N3O4. The van der Waals surface area contributed by atoms with E-state index in [4.69, 9.17) is 14.6 Å². The van der Waals surface area contributed by atoms with Crippen molar-refractivity contribution in [2.45, 2.75) is 37.6 Å². The van der Waals surface area contributed by atoms with Crippen molar-refractivity contribution in [2.75, 3.05) is 32.8 Å². The van der Waals surface area contributed by atoms with E-state index in [2.05, 4.69) is 16.0 Å². The molecule has 0 saturated carbocycles. The van der Waals surface area contributed by atoms with Crippen LogP contribution in [0.1, 0.15) is 24.1 Å². The molecule has 1 amide bonds. The topological polar surface area (TPSA) is 83.0 Å². The Kier molecular flexibility index (Phi) is 8.62. The van der Waals surface area contributed by atoms with Crippen LogP contribution in [0.25, 0.3) is 0 Å². The molecule has 10 heteroatoms. The number of alkyl halides is 3. The van der Waals surface area contributed by atoms with Gasteiger partial charge in [-0.3, -0.25) is 14.7 Å². The molecule has 1 aromatic carbocycles. The number of aromatic nitrogens is 1. The molecule has 2 saturated heterocycles. The van der Waals surface area contributed by atoms with E-state index in [1.807, 2.05) is 53.6 Å². The second-order valence-corrected chi connectivity index (χ2v) is 8.41. The maximum Gasteiger partial charge on any atom is 0.490 e. The van der Waals surface area contributed by atoms with Gasteiger partial charge in [0.15, 0.2) is 0 Å². The highest BCUT2D eigenvalue weighted by molar-refractivity contribution is 5.79. The molecule has 2 aliphatic heterocycles. The number of hydrogen-bond acceptors (Lipinski definition) is 5. The second kappa shape index (κ2) is 11.4. The highest BCUT2D eigenvalue weighted by Crippen LogP contribution is 2.31. The summed E-state index contributed by atoms with van der Waals surface area (Å²) in [7, 11) is 0. The average Bonchev–Trinajstić information content (AvgIpc) is 2.82. The van der Waals surface area contributed by atoms with Gasteiger partial charge in [-0.15, -0.1) is 0 Å². The molecule has 34 heavy (non-hydrogen) atoms. The van der Waals surface area contributed by atoms with Gasteiger partial charge in [0.2, 0.25) is 5.91 Å². The zero-order chi connectivity index (χ0) is 24.6. The van der Waals surface area contributed by atoms with E-state index in [1.54, 1.807) is 0 Å². The Morgan fingerprint density at radius 3 is 2.26 bits per heavy atom. The first-order valence-electron chi connectivity index (χ1n) is 11.0. The van der Waals surface area contributed by atoms with Gasteiger partial charge in [0.05, 0.1) is 24.3 Å². The number of hydrogen-bond donors (Lipinski definition) is 1. The molecule has 1 aromatic heterocycles. The van der Waals surface area contributed by atoms with Gasteiger partial charge < -0.3 is 14.7 Å². The predicted molar refractivity (Wildman–Crippen MR) is 118 cm³/mol. The lowest BCUT2D eigenvalue weighted by molar-refractivity contribution is -0.192. The molecule has 7 nitrogen and oxygen atoms in total. The third kappa shape index (κ3) is 7.53. The number of carbonyl (C=O) groups excluding carboxylic acids is 1. The van der Waals surface area contributed by atoms with Gasteiger partial charge in [0.1, 0.15) is 0 Å². The van der Waals surface area contributed by atoms with Crippen molar-refractivity contribution in [3.8, 4) is 0 Å². The average molecular weight is 479 g/mol. The molecule has 0 aliphatic carbocycles. The summed E-state index contributed by atoms with van der Waals surface area (Å²) in [5.74, 6) is -2.55. The molecule has 3 heterocycles. The molecule has 0 atom stereocenters. The highest BCUT2D eigenvalue weighted by atomic mass is 19.4. The van der Waals surface area contributed by atoms with Crippen molar-refractivity contribution in [1.29, 1.82) is 0 Å². The normalized spacial score (nSPS) is 18.1. The van der Waals surface area contributed by atoms with Gasteiger partial charge in [0, 0.05) is 38.9 Å². The summed E-state index contributed by atoms with van der Waals surface area (Å²) in [5, 5.41) is 7.12. The van der Waals surface area contributed by atoms with Crippen LogP contribution in [0.3, 0.4) is 0 Å². The zero-order valence-electron chi connectivity index (χ0n) is 18.7. The van der Waals surface area contributed by atoms with Gasteiger partial charge >= 0.3 is 12.1 Å². The largest absolute Gasteiger partial charge is 0.490 e. The van der Waals surface area contributed by atoms with Crippen molar-refractivity contribution < 1.29 is 32.6 Å². The lowest BCUT2D eigenvalue weighted by Gasteiger charge is -2.47. The second-order valence-electron chi connectivity index (χ2n) is 8.41. The van der Waals surface area contributed by atoms with E-state index in [0.29, 0.717) is 19.6 Å². The first kappa shape index (κ1) is 25.6. The highest BCUT2D eigenvalue weighted by Gasteiger charge is 2.41. The van der Waals surface area contributed by atoms with Crippen molar-refractivity contribution in [1.82, 2.24) is 14.8 Å². The third-order valence-corrected chi connectivity index (χ3v) is 5.92. The van der Waals surface area contributed by atoms with Crippen molar-refractivity contribution in [3.05, 3.63) is 66.0 Å². The Hall–Kier alpha value is -2.98. The summed E-state index contributed by atoms with van der Waals surface area (Å²) in [6.07, 6.45) is -0.826. The Morgan fingerprint density at radius 2 is 1.68 bits per heavy atom. The van der Waals surface area contributed by atoms with Crippen LogP contribution in [0.2, 0.25) is 0 Å². The van der Waals surface area contributed by atoms with Gasteiger partial charge in [-0.25, -0.2) is 4.79 Å².